The zero-order valence-corrected chi connectivity index (χ0v) is 24.9. The highest BCUT2D eigenvalue weighted by Gasteiger charge is 2.13. The van der Waals surface area contributed by atoms with E-state index in [0.717, 1.165) is 30.9 Å². The highest BCUT2D eigenvalue weighted by atomic mass is 19.1. The predicted octanol–water partition coefficient (Wildman–Crippen LogP) is 7.08. The number of nitro groups is 2. The smallest absolute Gasteiger partial charge is 0.302 e. The van der Waals surface area contributed by atoms with Crippen LogP contribution >= 0.6 is 0 Å². The number of nitrogens with zero attached hydrogens (tertiary/aromatic N) is 5. The van der Waals surface area contributed by atoms with Crippen LogP contribution in [0.4, 0.5) is 49.9 Å². The van der Waals surface area contributed by atoms with Crippen LogP contribution in [0.1, 0.15) is 27.7 Å². The van der Waals surface area contributed by atoms with Gasteiger partial charge in [0, 0.05) is 37.5 Å². The van der Waals surface area contributed by atoms with Gasteiger partial charge in [-0.05, 0) is 63.7 Å². The Kier molecular flexibility index (Phi) is 21.8. The van der Waals surface area contributed by atoms with E-state index in [9.17, 15) is 24.6 Å². The van der Waals surface area contributed by atoms with Crippen LogP contribution in [0.25, 0.3) is 14.5 Å². The fraction of sp³-hybridized carbons (Fsp3) is 0.276. The number of nitrogens with one attached hydrogen (secondary N) is 2. The molecular weight excluding hydrogens is 573 g/mol. The molecule has 0 aromatic heterocycles. The third-order valence-electron chi connectivity index (χ3n) is 4.46. The van der Waals surface area contributed by atoms with Gasteiger partial charge in [0.25, 0.3) is 5.69 Å². The van der Waals surface area contributed by atoms with Crippen molar-refractivity contribution in [1.29, 1.82) is 0 Å². The number of halogens is 1. The monoisotopic (exact) mass is 609 g/mol. The number of nitrogen functional groups attached to an aromatic ring is 1. The van der Waals surface area contributed by atoms with Gasteiger partial charge in [-0.1, -0.05) is 13.0 Å². The first kappa shape index (κ1) is 40.3. The molecule has 0 unspecified atom stereocenters. The number of nitrogens with two attached hydrogens (primary N) is 2. The maximum absolute atomic E-state index is 12.7. The normalized spacial score (nSPS) is 8.64. The molecule has 0 saturated heterocycles. The van der Waals surface area contributed by atoms with Gasteiger partial charge in [0.15, 0.2) is 22.9 Å². The first-order valence-electron chi connectivity index (χ1n) is 13.0. The summed E-state index contributed by atoms with van der Waals surface area (Å²) in [4.78, 5) is 28.8. The van der Waals surface area contributed by atoms with Crippen LogP contribution in [0, 0.1) is 45.8 Å². The second-order valence-corrected chi connectivity index (χ2v) is 7.74. The fourth-order valence-corrected chi connectivity index (χ4v) is 2.76. The number of anilines is 3. The van der Waals surface area contributed by atoms with Gasteiger partial charge in [0.2, 0.25) is 0 Å². The molecule has 0 heterocycles. The van der Waals surface area contributed by atoms with Gasteiger partial charge in [0.1, 0.15) is 5.69 Å². The van der Waals surface area contributed by atoms with Crippen LogP contribution in [-0.2, 0) is 0 Å². The summed E-state index contributed by atoms with van der Waals surface area (Å²) in [5.41, 5.74) is 12.9. The van der Waals surface area contributed by atoms with Crippen LogP contribution in [-0.4, -0.2) is 41.2 Å². The van der Waals surface area contributed by atoms with E-state index in [0.29, 0.717) is 29.3 Å². The van der Waals surface area contributed by atoms with Crippen molar-refractivity contribution in [3.63, 3.8) is 0 Å². The largest absolute Gasteiger partial charge is 0.397 e. The molecule has 3 rings (SSSR count). The summed E-state index contributed by atoms with van der Waals surface area (Å²) < 4.78 is 12.7. The molecule has 0 fully saturated rings. The highest BCUT2D eigenvalue weighted by Crippen LogP contribution is 2.29. The van der Waals surface area contributed by atoms with Crippen molar-refractivity contribution in [2.45, 2.75) is 27.7 Å². The molecule has 0 amide bonds. The Morgan fingerprint density at radius 1 is 0.773 bits per heavy atom. The van der Waals surface area contributed by atoms with E-state index in [1.807, 2.05) is 20.8 Å². The zero-order valence-electron chi connectivity index (χ0n) is 24.9. The molecule has 234 valence electrons. The van der Waals surface area contributed by atoms with Gasteiger partial charge in [0.05, 0.1) is 35.3 Å². The molecule has 0 aliphatic rings. The molecule has 0 bridgehead atoms. The minimum Gasteiger partial charge on any atom is -0.397 e. The van der Waals surface area contributed by atoms with Crippen molar-refractivity contribution in [3.05, 3.63) is 115 Å². The van der Waals surface area contributed by atoms with Crippen molar-refractivity contribution >= 4 is 45.5 Å². The lowest BCUT2D eigenvalue weighted by molar-refractivity contribution is -0.387. The van der Waals surface area contributed by atoms with Gasteiger partial charge in [-0.2, -0.15) is 0 Å². The van der Waals surface area contributed by atoms with E-state index in [-0.39, 0.29) is 18.0 Å². The lowest BCUT2D eigenvalue weighted by Crippen LogP contribution is -2.00. The average molecular weight is 610 g/mol. The summed E-state index contributed by atoms with van der Waals surface area (Å²) in [5.74, 6) is -0.978. The second-order valence-electron chi connectivity index (χ2n) is 7.74. The number of rotatable bonds is 6. The maximum atomic E-state index is 12.7. The van der Waals surface area contributed by atoms with Crippen molar-refractivity contribution in [1.82, 2.24) is 0 Å². The van der Waals surface area contributed by atoms with Crippen LogP contribution in [0.5, 0.6) is 0 Å². The fourth-order valence-electron chi connectivity index (χ4n) is 2.76. The van der Waals surface area contributed by atoms with E-state index < -0.39 is 21.4 Å². The van der Waals surface area contributed by atoms with Gasteiger partial charge >= 0.3 is 5.69 Å². The van der Waals surface area contributed by atoms with Gasteiger partial charge in [-0.3, -0.25) is 20.2 Å². The quantitative estimate of drug-likeness (QED) is 0.0839. The van der Waals surface area contributed by atoms with Crippen molar-refractivity contribution < 1.29 is 19.3 Å². The molecule has 0 atom stereocenters. The SMILES string of the molecule is CCN.CCO.[C-]#[N+]c1ccc(N)c(NCC)c1.[C-]#[N+]c1ccc([N+](=O)[O-])c(F)c1.[C-]#[N+]c1ccc([N+](=O)[O-])c(NCC)c1. The Labute approximate surface area is 255 Å². The first-order valence-corrected chi connectivity index (χ1v) is 13.0. The lowest BCUT2D eigenvalue weighted by Gasteiger charge is -2.06. The molecule has 0 aliphatic carbocycles. The van der Waals surface area contributed by atoms with Gasteiger partial charge < -0.3 is 27.2 Å². The highest BCUT2D eigenvalue weighted by molar-refractivity contribution is 5.72. The Hall–Kier alpha value is -5.82. The van der Waals surface area contributed by atoms with Crippen LogP contribution in [0.3, 0.4) is 0 Å². The maximum Gasteiger partial charge on any atom is 0.302 e. The second kappa shape index (κ2) is 23.8. The van der Waals surface area contributed by atoms with E-state index >= 15 is 0 Å². The van der Waals surface area contributed by atoms with Crippen LogP contribution in [0.15, 0.2) is 54.6 Å². The molecule has 3 aromatic rings. The van der Waals surface area contributed by atoms with Gasteiger partial charge in [-0.25, -0.2) is 18.9 Å². The number of benzene rings is 3. The Bertz CT molecular complexity index is 1460. The minimum atomic E-state index is -0.978. The first-order chi connectivity index (χ1) is 20.9. The molecule has 0 radical (unpaired) electrons. The Morgan fingerprint density at radius 2 is 1.14 bits per heavy atom. The van der Waals surface area contributed by atoms with Crippen LogP contribution < -0.4 is 22.1 Å². The molecule has 14 nitrogen and oxygen atoms in total. The summed E-state index contributed by atoms with van der Waals surface area (Å²) >= 11 is 0. The molecule has 0 saturated carbocycles. The molecule has 7 N–H and O–H groups in total. The molecule has 3 aromatic carbocycles. The topological polar surface area (TPSA) is 196 Å². The number of aliphatic hydroxyl groups excluding tert-OH is 1. The zero-order chi connectivity index (χ0) is 34.1. The number of hydrogen-bond donors (Lipinski definition) is 5. The number of aliphatic hydroxyl groups is 1. The third kappa shape index (κ3) is 15.8. The average Bonchev–Trinajstić information content (AvgIpc) is 2.99. The van der Waals surface area contributed by atoms with E-state index in [1.54, 1.807) is 25.1 Å². The summed E-state index contributed by atoms with van der Waals surface area (Å²) in [6.45, 7) is 29.9. The predicted molar refractivity (Wildman–Crippen MR) is 172 cm³/mol. The molecule has 0 aliphatic heterocycles. The van der Waals surface area contributed by atoms with E-state index in [1.165, 1.54) is 24.3 Å². The van der Waals surface area contributed by atoms with E-state index in [2.05, 4.69) is 25.2 Å². The van der Waals surface area contributed by atoms with Crippen LogP contribution in [0.2, 0.25) is 0 Å². The summed E-state index contributed by atoms with van der Waals surface area (Å²) in [7, 11) is 0. The summed E-state index contributed by atoms with van der Waals surface area (Å²) in [6, 6.07) is 12.5. The van der Waals surface area contributed by atoms with Crippen molar-refractivity contribution in [2.24, 2.45) is 5.73 Å². The minimum absolute atomic E-state index is 0.000694. The lowest BCUT2D eigenvalue weighted by atomic mass is 10.2. The van der Waals surface area contributed by atoms with Gasteiger partial charge in [-0.15, -0.1) is 0 Å². The number of hydrogen-bond acceptors (Lipinski definition) is 9. The molecule has 15 heteroatoms. The Morgan fingerprint density at radius 3 is 1.52 bits per heavy atom. The number of nitro benzene ring substituents is 2. The van der Waals surface area contributed by atoms with Crippen molar-refractivity contribution in [3.8, 4) is 0 Å². The Balaban J connectivity index is 0. The van der Waals surface area contributed by atoms with Crippen molar-refractivity contribution in [2.75, 3.05) is 42.6 Å². The summed E-state index contributed by atoms with van der Waals surface area (Å²) in [6.07, 6.45) is 0. The molecule has 44 heavy (non-hydrogen) atoms. The standard InChI is InChI=1S/C9H9N3O2.C9H11N3.C7H3FN2O2.C2H7N.C2H6O/c1-3-11-8-6-7(10-2)4-5-9(8)12(13)14;1-3-12-9-6-7(11-2)4-5-8(9)10;1-9-5-2-3-7(10(11)12)6(8)4-5;2*1-2-3/h4-6,11H,3H2,1H3;4-6,12H,3,10H2,1H3;2-4H;2-3H2,1H3;3H,2H2,1H3. The summed E-state index contributed by atoms with van der Waals surface area (Å²) in [5, 5.41) is 34.2. The molecular formula is C29H36FN9O5. The van der Waals surface area contributed by atoms with E-state index in [4.69, 9.17) is 36.3 Å². The third-order valence-corrected chi connectivity index (χ3v) is 4.46. The molecule has 0 spiro atoms.